The standard InChI is InChI=1S/C26H21N/c27-24-15-7-14-23-25(24)20-11-4-6-13-22(20)26(23)18-9-2-1-8-17(16-18)19-10-3-5-12-21(19)26/h1-15,17-18H,16,27H2. The minimum absolute atomic E-state index is 0.156. The molecule has 1 heteroatoms. The zero-order valence-corrected chi connectivity index (χ0v) is 15.1. The van der Waals surface area contributed by atoms with Crippen LogP contribution in [0.15, 0.2) is 91.0 Å². The van der Waals surface area contributed by atoms with Crippen LogP contribution in [0.25, 0.3) is 11.1 Å². The van der Waals surface area contributed by atoms with Crippen molar-refractivity contribution in [3.05, 3.63) is 113 Å². The Bertz CT molecular complexity index is 1140. The summed E-state index contributed by atoms with van der Waals surface area (Å²) in [5, 5.41) is 0. The maximum Gasteiger partial charge on any atom is 0.0530 e. The van der Waals surface area contributed by atoms with Gasteiger partial charge < -0.3 is 5.73 Å². The summed E-state index contributed by atoms with van der Waals surface area (Å²) in [6.45, 7) is 0. The highest BCUT2D eigenvalue weighted by Gasteiger charge is 2.53. The predicted octanol–water partition coefficient (Wildman–Crippen LogP) is 5.81. The van der Waals surface area contributed by atoms with Crippen LogP contribution in [0.2, 0.25) is 0 Å². The van der Waals surface area contributed by atoms with Crippen molar-refractivity contribution in [1.82, 2.24) is 0 Å². The van der Waals surface area contributed by atoms with Gasteiger partial charge in [0.2, 0.25) is 0 Å². The maximum absolute atomic E-state index is 6.53. The quantitative estimate of drug-likeness (QED) is 0.510. The molecule has 3 aliphatic carbocycles. The molecule has 2 bridgehead atoms. The number of anilines is 1. The molecule has 0 fully saturated rings. The summed E-state index contributed by atoms with van der Waals surface area (Å²) in [7, 11) is 0. The largest absolute Gasteiger partial charge is 0.398 e. The third kappa shape index (κ3) is 1.74. The summed E-state index contributed by atoms with van der Waals surface area (Å²) in [5.74, 6) is 0.890. The molecular formula is C26H21N. The lowest BCUT2D eigenvalue weighted by Gasteiger charge is -2.45. The van der Waals surface area contributed by atoms with Crippen LogP contribution in [-0.4, -0.2) is 0 Å². The Hall–Kier alpha value is -3.06. The number of benzene rings is 3. The second-order valence-electron chi connectivity index (χ2n) is 7.93. The van der Waals surface area contributed by atoms with E-state index in [1.807, 2.05) is 6.07 Å². The molecule has 0 amide bonds. The Morgan fingerprint density at radius 3 is 2.41 bits per heavy atom. The van der Waals surface area contributed by atoms with E-state index in [9.17, 15) is 0 Å². The summed E-state index contributed by atoms with van der Waals surface area (Å²) in [4.78, 5) is 0. The van der Waals surface area contributed by atoms with Crippen LogP contribution in [0.1, 0.15) is 34.6 Å². The first-order chi connectivity index (χ1) is 13.3. The molecule has 0 saturated heterocycles. The van der Waals surface area contributed by atoms with E-state index in [0.717, 1.165) is 12.1 Å². The molecule has 3 unspecified atom stereocenters. The molecule has 6 rings (SSSR count). The molecule has 0 radical (unpaired) electrons. The predicted molar refractivity (Wildman–Crippen MR) is 112 cm³/mol. The fourth-order valence-corrected chi connectivity index (χ4v) is 5.84. The summed E-state index contributed by atoms with van der Waals surface area (Å²) in [6.07, 6.45) is 10.4. The first-order valence-corrected chi connectivity index (χ1v) is 9.75. The highest BCUT2D eigenvalue weighted by Crippen LogP contribution is 2.62. The fourth-order valence-electron chi connectivity index (χ4n) is 5.84. The highest BCUT2D eigenvalue weighted by atomic mass is 14.6. The van der Waals surface area contributed by atoms with Gasteiger partial charge in [-0.15, -0.1) is 0 Å². The molecule has 2 N–H and O–H groups in total. The van der Waals surface area contributed by atoms with Gasteiger partial charge >= 0.3 is 0 Å². The van der Waals surface area contributed by atoms with Gasteiger partial charge in [0.1, 0.15) is 0 Å². The molecular weight excluding hydrogens is 326 g/mol. The molecule has 3 atom stereocenters. The SMILES string of the molecule is Nc1cccc2c1-c1ccccc1C21c2ccccc2C2C=CC=CC1C2. The van der Waals surface area contributed by atoms with Gasteiger partial charge in [0.05, 0.1) is 5.41 Å². The third-order valence-corrected chi connectivity index (χ3v) is 6.79. The van der Waals surface area contributed by atoms with Crippen LogP contribution in [0.4, 0.5) is 5.69 Å². The number of rotatable bonds is 0. The van der Waals surface area contributed by atoms with Gasteiger partial charge in [0, 0.05) is 17.2 Å². The van der Waals surface area contributed by atoms with Crippen molar-refractivity contribution < 1.29 is 0 Å². The first kappa shape index (κ1) is 15.0. The van der Waals surface area contributed by atoms with E-state index in [4.69, 9.17) is 5.73 Å². The molecule has 3 aromatic carbocycles. The lowest BCUT2D eigenvalue weighted by molar-refractivity contribution is 0.383. The van der Waals surface area contributed by atoms with Crippen molar-refractivity contribution in [2.45, 2.75) is 17.8 Å². The van der Waals surface area contributed by atoms with Crippen LogP contribution in [0, 0.1) is 5.92 Å². The van der Waals surface area contributed by atoms with Crippen molar-refractivity contribution in [3.8, 4) is 11.1 Å². The lowest BCUT2D eigenvalue weighted by Crippen LogP contribution is -2.40. The number of hydrogen-bond acceptors (Lipinski definition) is 1. The van der Waals surface area contributed by atoms with E-state index in [-0.39, 0.29) is 5.41 Å². The number of nitrogens with two attached hydrogens (primary N) is 1. The second-order valence-corrected chi connectivity index (χ2v) is 7.93. The van der Waals surface area contributed by atoms with E-state index in [1.54, 1.807) is 0 Å². The molecule has 1 spiro atoms. The van der Waals surface area contributed by atoms with Crippen molar-refractivity contribution >= 4 is 5.69 Å². The molecule has 1 nitrogen and oxygen atoms in total. The molecule has 0 aromatic heterocycles. The Balaban J connectivity index is 1.82. The van der Waals surface area contributed by atoms with Gasteiger partial charge in [-0.2, -0.15) is 0 Å². The molecule has 3 aliphatic rings. The second kappa shape index (κ2) is 5.23. The van der Waals surface area contributed by atoms with Crippen molar-refractivity contribution in [2.24, 2.45) is 5.92 Å². The average Bonchev–Trinajstić information content (AvgIpc) is 2.84. The molecule has 130 valence electrons. The molecule has 0 heterocycles. The van der Waals surface area contributed by atoms with Gasteiger partial charge in [0.25, 0.3) is 0 Å². The molecule has 3 aromatic rings. The van der Waals surface area contributed by atoms with Crippen LogP contribution in [0.5, 0.6) is 0 Å². The Kier molecular flexibility index (Phi) is 2.91. The zero-order chi connectivity index (χ0) is 18.0. The van der Waals surface area contributed by atoms with Crippen molar-refractivity contribution in [2.75, 3.05) is 5.73 Å². The topological polar surface area (TPSA) is 26.0 Å². The fraction of sp³-hybridized carbons (Fsp3) is 0.154. The van der Waals surface area contributed by atoms with Gasteiger partial charge in [-0.25, -0.2) is 0 Å². The normalized spacial score (nSPS) is 26.4. The maximum atomic E-state index is 6.53. The Morgan fingerprint density at radius 2 is 1.48 bits per heavy atom. The van der Waals surface area contributed by atoms with Crippen molar-refractivity contribution in [1.29, 1.82) is 0 Å². The van der Waals surface area contributed by atoms with E-state index in [1.165, 1.54) is 33.4 Å². The van der Waals surface area contributed by atoms with Gasteiger partial charge in [-0.3, -0.25) is 0 Å². The molecule has 27 heavy (non-hydrogen) atoms. The van der Waals surface area contributed by atoms with Gasteiger partial charge in [-0.05, 0) is 46.2 Å². The minimum atomic E-state index is -0.156. The zero-order valence-electron chi connectivity index (χ0n) is 15.1. The van der Waals surface area contributed by atoms with Crippen LogP contribution < -0.4 is 5.73 Å². The monoisotopic (exact) mass is 347 g/mol. The van der Waals surface area contributed by atoms with Crippen LogP contribution in [-0.2, 0) is 5.41 Å². The average molecular weight is 347 g/mol. The molecule has 0 aliphatic heterocycles. The Labute approximate surface area is 159 Å². The van der Waals surface area contributed by atoms with Crippen LogP contribution >= 0.6 is 0 Å². The summed E-state index contributed by atoms with van der Waals surface area (Å²) in [5.41, 5.74) is 15.4. The highest BCUT2D eigenvalue weighted by molar-refractivity contribution is 5.91. The van der Waals surface area contributed by atoms with E-state index in [0.29, 0.717) is 11.8 Å². The molecule has 0 saturated carbocycles. The third-order valence-electron chi connectivity index (χ3n) is 6.79. The summed E-state index contributed by atoms with van der Waals surface area (Å²) in [6, 6.07) is 24.4. The minimum Gasteiger partial charge on any atom is -0.398 e. The van der Waals surface area contributed by atoms with Crippen LogP contribution in [0.3, 0.4) is 0 Å². The van der Waals surface area contributed by atoms with E-state index in [2.05, 4.69) is 85.0 Å². The van der Waals surface area contributed by atoms with E-state index < -0.39 is 0 Å². The number of hydrogen-bond donors (Lipinski definition) is 1. The van der Waals surface area contributed by atoms with Gasteiger partial charge in [0.15, 0.2) is 0 Å². The first-order valence-electron chi connectivity index (χ1n) is 9.75. The summed E-state index contributed by atoms with van der Waals surface area (Å²) < 4.78 is 0. The smallest absolute Gasteiger partial charge is 0.0530 e. The lowest BCUT2D eigenvalue weighted by atomic mass is 9.56. The number of allylic oxidation sites excluding steroid dienone is 4. The number of nitrogen functional groups attached to an aromatic ring is 1. The van der Waals surface area contributed by atoms with Crippen molar-refractivity contribution in [3.63, 3.8) is 0 Å². The number of fused-ring (bicyclic) bond motifs is 11. The summed E-state index contributed by atoms with van der Waals surface area (Å²) >= 11 is 0. The van der Waals surface area contributed by atoms with Gasteiger partial charge in [-0.1, -0.05) is 85.0 Å². The van der Waals surface area contributed by atoms with E-state index >= 15 is 0 Å². The Morgan fingerprint density at radius 1 is 0.741 bits per heavy atom.